The summed E-state index contributed by atoms with van der Waals surface area (Å²) in [7, 11) is 1.59. The van der Waals surface area contributed by atoms with Gasteiger partial charge in [-0.2, -0.15) is 0 Å². The Morgan fingerprint density at radius 2 is 2.29 bits per heavy atom. The van der Waals surface area contributed by atoms with Crippen LogP contribution < -0.4 is 5.32 Å². The first-order valence-electron chi connectivity index (χ1n) is 4.51. The van der Waals surface area contributed by atoms with Crippen LogP contribution in [0.1, 0.15) is 12.6 Å². The summed E-state index contributed by atoms with van der Waals surface area (Å²) in [6.45, 7) is 2.91. The van der Waals surface area contributed by atoms with Gasteiger partial charge in [-0.3, -0.25) is 0 Å². The molecule has 0 fully saturated rings. The molecule has 0 saturated heterocycles. The number of methoxy groups -OCH3 is 1. The zero-order valence-corrected chi connectivity index (χ0v) is 8.38. The van der Waals surface area contributed by atoms with Gasteiger partial charge >= 0.3 is 0 Å². The largest absolute Gasteiger partial charge is 0.383 e. The van der Waals surface area contributed by atoms with E-state index in [1.165, 1.54) is 6.33 Å². The summed E-state index contributed by atoms with van der Waals surface area (Å²) in [5.74, 6) is -0.125. The van der Waals surface area contributed by atoms with Crippen LogP contribution >= 0.6 is 0 Å². The molecule has 78 valence electrons. The average molecular weight is 199 g/mol. The molecule has 0 spiro atoms. The molecule has 5 heteroatoms. The van der Waals surface area contributed by atoms with Crippen molar-refractivity contribution in [3.63, 3.8) is 0 Å². The molecule has 0 aliphatic carbocycles. The van der Waals surface area contributed by atoms with E-state index in [2.05, 4.69) is 15.3 Å². The van der Waals surface area contributed by atoms with Crippen molar-refractivity contribution in [1.29, 1.82) is 0 Å². The number of anilines is 1. The lowest BCUT2D eigenvalue weighted by molar-refractivity contribution is 0.210. The van der Waals surface area contributed by atoms with Gasteiger partial charge in [-0.1, -0.05) is 6.92 Å². The van der Waals surface area contributed by atoms with Crippen LogP contribution in [0, 0.1) is 5.82 Å². The molecule has 0 unspecified atom stereocenters. The summed E-state index contributed by atoms with van der Waals surface area (Å²) >= 11 is 0. The van der Waals surface area contributed by atoms with E-state index in [9.17, 15) is 4.39 Å². The molecule has 4 nitrogen and oxygen atoms in total. The van der Waals surface area contributed by atoms with E-state index in [0.717, 1.165) is 0 Å². The van der Waals surface area contributed by atoms with Gasteiger partial charge in [0.15, 0.2) is 11.6 Å². The summed E-state index contributed by atoms with van der Waals surface area (Å²) in [6, 6.07) is 0. The van der Waals surface area contributed by atoms with E-state index >= 15 is 0 Å². The molecule has 1 aromatic heterocycles. The van der Waals surface area contributed by atoms with Gasteiger partial charge in [-0.25, -0.2) is 14.4 Å². The Bertz CT molecular complexity index is 293. The van der Waals surface area contributed by atoms with Gasteiger partial charge in [0, 0.05) is 13.7 Å². The normalized spacial score (nSPS) is 10.2. The van der Waals surface area contributed by atoms with Crippen LogP contribution in [-0.2, 0) is 11.2 Å². The number of hydrogen-bond acceptors (Lipinski definition) is 4. The number of hydrogen-bond donors (Lipinski definition) is 1. The maximum Gasteiger partial charge on any atom is 0.186 e. The van der Waals surface area contributed by atoms with Crippen LogP contribution in [0.25, 0.3) is 0 Å². The fraction of sp³-hybridized carbons (Fsp3) is 0.556. The summed E-state index contributed by atoms with van der Waals surface area (Å²) in [4.78, 5) is 7.63. The number of ether oxygens (including phenoxy) is 1. The van der Waals surface area contributed by atoms with Crippen molar-refractivity contribution in [2.75, 3.05) is 25.6 Å². The van der Waals surface area contributed by atoms with Crippen molar-refractivity contribution in [2.24, 2.45) is 0 Å². The molecule has 0 atom stereocenters. The predicted molar refractivity (Wildman–Crippen MR) is 51.7 cm³/mol. The highest BCUT2D eigenvalue weighted by Crippen LogP contribution is 2.12. The van der Waals surface area contributed by atoms with Gasteiger partial charge in [0.05, 0.1) is 12.3 Å². The minimum Gasteiger partial charge on any atom is -0.383 e. The third-order valence-electron chi connectivity index (χ3n) is 1.80. The maximum atomic E-state index is 13.5. The number of aryl methyl sites for hydroxylation is 1. The molecule has 0 amide bonds. The molecule has 0 aliphatic heterocycles. The molecular weight excluding hydrogens is 185 g/mol. The third kappa shape index (κ3) is 2.63. The summed E-state index contributed by atoms with van der Waals surface area (Å²) in [5, 5.41) is 2.84. The number of aromatic nitrogens is 2. The highest BCUT2D eigenvalue weighted by atomic mass is 19.1. The van der Waals surface area contributed by atoms with Crippen LogP contribution in [0.3, 0.4) is 0 Å². The first-order valence-corrected chi connectivity index (χ1v) is 4.51. The minimum absolute atomic E-state index is 0.244. The third-order valence-corrected chi connectivity index (χ3v) is 1.80. The molecule has 1 rings (SSSR count). The fourth-order valence-electron chi connectivity index (χ4n) is 1.05. The SMILES string of the molecule is CCc1ncnc(NCCOC)c1F. The van der Waals surface area contributed by atoms with Gasteiger partial charge in [0.1, 0.15) is 6.33 Å². The van der Waals surface area contributed by atoms with Crippen molar-refractivity contribution in [3.8, 4) is 0 Å². The second-order valence-corrected chi connectivity index (χ2v) is 2.76. The number of rotatable bonds is 5. The molecule has 0 radical (unpaired) electrons. The lowest BCUT2D eigenvalue weighted by atomic mass is 10.3. The molecule has 0 aliphatic rings. The van der Waals surface area contributed by atoms with Gasteiger partial charge in [-0.15, -0.1) is 0 Å². The topological polar surface area (TPSA) is 47.0 Å². The smallest absolute Gasteiger partial charge is 0.186 e. The number of nitrogens with zero attached hydrogens (tertiary/aromatic N) is 2. The van der Waals surface area contributed by atoms with Crippen molar-refractivity contribution in [1.82, 2.24) is 9.97 Å². The second kappa shape index (κ2) is 5.49. The summed E-state index contributed by atoms with van der Waals surface area (Å²) < 4.78 is 18.3. The number of halogens is 1. The Labute approximate surface area is 82.5 Å². The van der Waals surface area contributed by atoms with Crippen molar-refractivity contribution in [2.45, 2.75) is 13.3 Å². The second-order valence-electron chi connectivity index (χ2n) is 2.76. The van der Waals surface area contributed by atoms with E-state index in [4.69, 9.17) is 4.74 Å². The van der Waals surface area contributed by atoms with Gasteiger partial charge in [0.2, 0.25) is 0 Å². The molecule has 1 aromatic rings. The number of nitrogens with one attached hydrogen (secondary N) is 1. The van der Waals surface area contributed by atoms with Crippen LogP contribution in [0.4, 0.5) is 10.2 Å². The zero-order valence-electron chi connectivity index (χ0n) is 8.38. The first-order chi connectivity index (χ1) is 6.79. The van der Waals surface area contributed by atoms with E-state index in [-0.39, 0.29) is 11.6 Å². The molecule has 0 aromatic carbocycles. The highest BCUT2D eigenvalue weighted by Gasteiger charge is 2.08. The Morgan fingerprint density at radius 1 is 1.50 bits per heavy atom. The molecule has 1 N–H and O–H groups in total. The van der Waals surface area contributed by atoms with Crippen molar-refractivity contribution >= 4 is 5.82 Å². The van der Waals surface area contributed by atoms with E-state index < -0.39 is 0 Å². The lowest BCUT2D eigenvalue weighted by Crippen LogP contribution is -2.11. The average Bonchev–Trinajstić information content (AvgIpc) is 2.21. The zero-order chi connectivity index (χ0) is 10.4. The minimum atomic E-state index is -0.369. The van der Waals surface area contributed by atoms with Crippen LogP contribution in [0.2, 0.25) is 0 Å². The Kier molecular flexibility index (Phi) is 4.25. The van der Waals surface area contributed by atoms with E-state index in [1.54, 1.807) is 7.11 Å². The van der Waals surface area contributed by atoms with Crippen LogP contribution in [-0.4, -0.2) is 30.2 Å². The van der Waals surface area contributed by atoms with Crippen LogP contribution in [0.15, 0.2) is 6.33 Å². The monoisotopic (exact) mass is 199 g/mol. The molecule has 1 heterocycles. The highest BCUT2D eigenvalue weighted by molar-refractivity contribution is 5.37. The summed E-state index contributed by atoms with van der Waals surface area (Å²) in [5.41, 5.74) is 0.430. The first kappa shape index (κ1) is 10.8. The maximum absolute atomic E-state index is 13.5. The molecule has 0 saturated carbocycles. The van der Waals surface area contributed by atoms with E-state index in [1.807, 2.05) is 6.92 Å². The molecular formula is C9H14FN3O. The lowest BCUT2D eigenvalue weighted by Gasteiger charge is -2.07. The predicted octanol–water partition coefficient (Wildman–Crippen LogP) is 1.24. The van der Waals surface area contributed by atoms with Gasteiger partial charge < -0.3 is 10.1 Å². The van der Waals surface area contributed by atoms with E-state index in [0.29, 0.717) is 25.3 Å². The Morgan fingerprint density at radius 3 is 2.93 bits per heavy atom. The van der Waals surface area contributed by atoms with Crippen molar-refractivity contribution < 1.29 is 9.13 Å². The Balaban J connectivity index is 2.66. The van der Waals surface area contributed by atoms with Gasteiger partial charge in [-0.05, 0) is 6.42 Å². The van der Waals surface area contributed by atoms with Crippen LogP contribution in [0.5, 0.6) is 0 Å². The van der Waals surface area contributed by atoms with Crippen molar-refractivity contribution in [3.05, 3.63) is 17.8 Å². The molecule has 14 heavy (non-hydrogen) atoms. The standard InChI is InChI=1S/C9H14FN3O/c1-3-7-8(10)9(13-6-12-7)11-4-5-14-2/h6H,3-5H2,1-2H3,(H,11,12,13). The summed E-state index contributed by atoms with van der Waals surface area (Å²) in [6.07, 6.45) is 1.92. The quantitative estimate of drug-likeness (QED) is 0.725. The fourth-order valence-corrected chi connectivity index (χ4v) is 1.05. The molecule has 0 bridgehead atoms. The van der Waals surface area contributed by atoms with Gasteiger partial charge in [0.25, 0.3) is 0 Å². The Hall–Kier alpha value is -1.23.